The van der Waals surface area contributed by atoms with Crippen LogP contribution in [0, 0.1) is 6.92 Å². The Morgan fingerprint density at radius 3 is 2.75 bits per heavy atom. The van der Waals surface area contributed by atoms with E-state index in [0.29, 0.717) is 13.2 Å². The highest BCUT2D eigenvalue weighted by molar-refractivity contribution is 5.31. The fraction of sp³-hybridized carbons (Fsp3) is 0.538. The van der Waals surface area contributed by atoms with Crippen molar-refractivity contribution in [3.8, 4) is 5.75 Å². The number of rotatable bonds is 3. The molecule has 3 nitrogen and oxygen atoms in total. The van der Waals surface area contributed by atoms with Gasteiger partial charge in [0.25, 0.3) is 0 Å². The summed E-state index contributed by atoms with van der Waals surface area (Å²) >= 11 is 0. The Morgan fingerprint density at radius 2 is 2.12 bits per heavy atom. The van der Waals surface area contributed by atoms with Gasteiger partial charge in [-0.15, -0.1) is 0 Å². The third-order valence-corrected chi connectivity index (χ3v) is 2.59. The molecule has 0 N–H and O–H groups in total. The summed E-state index contributed by atoms with van der Waals surface area (Å²) < 4.78 is 16.8. The van der Waals surface area contributed by atoms with Crippen molar-refractivity contribution in [1.29, 1.82) is 0 Å². The summed E-state index contributed by atoms with van der Waals surface area (Å²) in [6, 6.07) is 7.97. The molecule has 1 heterocycles. The summed E-state index contributed by atoms with van der Waals surface area (Å²) in [6.07, 6.45) is 0.0228. The van der Waals surface area contributed by atoms with Crippen molar-refractivity contribution in [1.82, 2.24) is 0 Å². The van der Waals surface area contributed by atoms with Gasteiger partial charge in [0.15, 0.2) is 5.79 Å². The second-order valence-electron chi connectivity index (χ2n) is 4.53. The Kier molecular flexibility index (Phi) is 3.17. The molecular weight excluding hydrogens is 204 g/mol. The molecule has 1 aliphatic heterocycles. The standard InChI is InChI=1S/C13H18O3/c1-10-6-4-5-7-12(10)14-8-11-9-15-13(2,3)16-11/h4-7,11H,8-9H2,1-3H3/t11-/m1/s1. The fourth-order valence-electron chi connectivity index (χ4n) is 1.75. The number of benzene rings is 1. The van der Waals surface area contributed by atoms with Crippen LogP contribution in [-0.2, 0) is 9.47 Å². The van der Waals surface area contributed by atoms with E-state index < -0.39 is 5.79 Å². The molecule has 1 aliphatic rings. The summed E-state index contributed by atoms with van der Waals surface area (Å²) in [5.41, 5.74) is 1.14. The number of hydrogen-bond donors (Lipinski definition) is 0. The molecule has 0 aliphatic carbocycles. The summed E-state index contributed by atoms with van der Waals surface area (Å²) in [7, 11) is 0. The molecule has 1 saturated heterocycles. The summed E-state index contributed by atoms with van der Waals surface area (Å²) in [4.78, 5) is 0. The van der Waals surface area contributed by atoms with Gasteiger partial charge in [-0.1, -0.05) is 18.2 Å². The minimum atomic E-state index is -0.472. The second-order valence-corrected chi connectivity index (χ2v) is 4.53. The first-order chi connectivity index (χ1) is 7.57. The van der Waals surface area contributed by atoms with Gasteiger partial charge in [-0.25, -0.2) is 0 Å². The zero-order valence-electron chi connectivity index (χ0n) is 10.0. The van der Waals surface area contributed by atoms with Crippen LogP contribution in [0.15, 0.2) is 24.3 Å². The highest BCUT2D eigenvalue weighted by Gasteiger charge is 2.32. The van der Waals surface area contributed by atoms with E-state index in [9.17, 15) is 0 Å². The molecule has 0 spiro atoms. The van der Waals surface area contributed by atoms with Crippen LogP contribution in [0.1, 0.15) is 19.4 Å². The zero-order chi connectivity index (χ0) is 11.6. The SMILES string of the molecule is Cc1ccccc1OC[C@@H]1COC(C)(C)O1. The lowest BCUT2D eigenvalue weighted by molar-refractivity contribution is -0.141. The lowest BCUT2D eigenvalue weighted by Crippen LogP contribution is -2.25. The van der Waals surface area contributed by atoms with Crippen molar-refractivity contribution in [3.05, 3.63) is 29.8 Å². The molecular formula is C13H18O3. The summed E-state index contributed by atoms with van der Waals surface area (Å²) in [5.74, 6) is 0.440. The van der Waals surface area contributed by atoms with Gasteiger partial charge in [-0.05, 0) is 32.4 Å². The van der Waals surface area contributed by atoms with Crippen molar-refractivity contribution >= 4 is 0 Å². The molecule has 0 amide bonds. The van der Waals surface area contributed by atoms with E-state index in [1.807, 2.05) is 45.0 Å². The summed E-state index contributed by atoms with van der Waals surface area (Å²) in [5, 5.41) is 0. The quantitative estimate of drug-likeness (QED) is 0.786. The highest BCUT2D eigenvalue weighted by atomic mass is 16.7. The van der Waals surface area contributed by atoms with Crippen LogP contribution >= 0.6 is 0 Å². The van der Waals surface area contributed by atoms with E-state index in [2.05, 4.69) is 0 Å². The Balaban J connectivity index is 1.87. The monoisotopic (exact) mass is 222 g/mol. The van der Waals surface area contributed by atoms with Crippen LogP contribution in [-0.4, -0.2) is 25.1 Å². The van der Waals surface area contributed by atoms with Gasteiger partial charge in [0, 0.05) is 0 Å². The fourth-order valence-corrected chi connectivity index (χ4v) is 1.75. The molecule has 0 aromatic heterocycles. The predicted octanol–water partition coefficient (Wildman–Crippen LogP) is 2.53. The Bertz CT molecular complexity index is 360. The Labute approximate surface area is 96.3 Å². The van der Waals surface area contributed by atoms with Crippen molar-refractivity contribution in [2.75, 3.05) is 13.2 Å². The topological polar surface area (TPSA) is 27.7 Å². The first kappa shape index (κ1) is 11.4. The van der Waals surface area contributed by atoms with Crippen molar-refractivity contribution in [2.45, 2.75) is 32.7 Å². The maximum Gasteiger partial charge on any atom is 0.163 e. The molecule has 2 rings (SSSR count). The van der Waals surface area contributed by atoms with Crippen LogP contribution in [0.2, 0.25) is 0 Å². The van der Waals surface area contributed by atoms with Crippen LogP contribution in [0.5, 0.6) is 5.75 Å². The summed E-state index contributed by atoms with van der Waals surface area (Å²) in [6.45, 7) is 7.00. The lowest BCUT2D eigenvalue weighted by atomic mass is 10.2. The number of aryl methyl sites for hydroxylation is 1. The highest BCUT2D eigenvalue weighted by Crippen LogP contribution is 2.23. The minimum absolute atomic E-state index is 0.0228. The van der Waals surface area contributed by atoms with E-state index >= 15 is 0 Å². The molecule has 0 bridgehead atoms. The second kappa shape index (κ2) is 4.44. The largest absolute Gasteiger partial charge is 0.491 e. The molecule has 1 aromatic rings. The molecule has 1 atom stereocenters. The average molecular weight is 222 g/mol. The molecule has 0 radical (unpaired) electrons. The van der Waals surface area contributed by atoms with Gasteiger partial charge in [0.2, 0.25) is 0 Å². The van der Waals surface area contributed by atoms with E-state index in [1.54, 1.807) is 0 Å². The first-order valence-corrected chi connectivity index (χ1v) is 5.57. The van der Waals surface area contributed by atoms with Gasteiger partial charge >= 0.3 is 0 Å². The van der Waals surface area contributed by atoms with Gasteiger partial charge in [-0.3, -0.25) is 0 Å². The van der Waals surface area contributed by atoms with E-state index in [-0.39, 0.29) is 6.10 Å². The Morgan fingerprint density at radius 1 is 1.38 bits per heavy atom. The van der Waals surface area contributed by atoms with Crippen LogP contribution < -0.4 is 4.74 Å². The maximum atomic E-state index is 5.71. The van der Waals surface area contributed by atoms with E-state index in [4.69, 9.17) is 14.2 Å². The smallest absolute Gasteiger partial charge is 0.163 e. The number of hydrogen-bond acceptors (Lipinski definition) is 3. The average Bonchev–Trinajstić information content (AvgIpc) is 2.57. The van der Waals surface area contributed by atoms with Crippen molar-refractivity contribution < 1.29 is 14.2 Å². The van der Waals surface area contributed by atoms with Gasteiger partial charge in [0.1, 0.15) is 18.5 Å². The molecule has 88 valence electrons. The van der Waals surface area contributed by atoms with Crippen LogP contribution in [0.25, 0.3) is 0 Å². The van der Waals surface area contributed by atoms with E-state index in [0.717, 1.165) is 11.3 Å². The molecule has 16 heavy (non-hydrogen) atoms. The molecule has 3 heteroatoms. The third kappa shape index (κ3) is 2.74. The molecule has 0 unspecified atom stereocenters. The lowest BCUT2D eigenvalue weighted by Gasteiger charge is -2.17. The molecule has 1 aromatic carbocycles. The zero-order valence-corrected chi connectivity index (χ0v) is 10.0. The Hall–Kier alpha value is -1.06. The number of ether oxygens (including phenoxy) is 3. The molecule has 1 fully saturated rings. The van der Waals surface area contributed by atoms with E-state index in [1.165, 1.54) is 0 Å². The van der Waals surface area contributed by atoms with Crippen LogP contribution in [0.4, 0.5) is 0 Å². The molecule has 0 saturated carbocycles. The maximum absolute atomic E-state index is 5.71. The van der Waals surface area contributed by atoms with Crippen molar-refractivity contribution in [2.24, 2.45) is 0 Å². The van der Waals surface area contributed by atoms with Gasteiger partial charge < -0.3 is 14.2 Å². The number of para-hydroxylation sites is 1. The first-order valence-electron chi connectivity index (χ1n) is 5.57. The van der Waals surface area contributed by atoms with Crippen molar-refractivity contribution in [3.63, 3.8) is 0 Å². The third-order valence-electron chi connectivity index (χ3n) is 2.59. The van der Waals surface area contributed by atoms with Gasteiger partial charge in [-0.2, -0.15) is 0 Å². The minimum Gasteiger partial charge on any atom is -0.491 e. The van der Waals surface area contributed by atoms with Gasteiger partial charge in [0.05, 0.1) is 6.61 Å². The van der Waals surface area contributed by atoms with Crippen LogP contribution in [0.3, 0.4) is 0 Å². The predicted molar refractivity (Wildman–Crippen MR) is 61.6 cm³/mol. The normalized spacial score (nSPS) is 23.3.